The highest BCUT2D eigenvalue weighted by molar-refractivity contribution is 5.29. The highest BCUT2D eigenvalue weighted by Gasteiger charge is 2.31. The van der Waals surface area contributed by atoms with Crippen LogP contribution in [0.2, 0.25) is 0 Å². The SMILES string of the molecule is Cc1ccccc1C(NN)C1CCC(C)(C)CC1. The van der Waals surface area contributed by atoms with E-state index in [0.717, 1.165) is 0 Å². The lowest BCUT2D eigenvalue weighted by molar-refractivity contribution is 0.161. The standard InChI is InChI=1S/C16H26N2/c1-12-6-4-5-7-14(12)15(18-17)13-8-10-16(2,3)11-9-13/h4-7,13,15,18H,8-11,17H2,1-3H3. The Morgan fingerprint density at radius 3 is 2.39 bits per heavy atom. The van der Waals surface area contributed by atoms with Gasteiger partial charge in [-0.25, -0.2) is 0 Å². The number of hydrogen-bond donors (Lipinski definition) is 2. The maximum atomic E-state index is 5.82. The van der Waals surface area contributed by atoms with Crippen molar-refractivity contribution < 1.29 is 0 Å². The molecule has 1 fully saturated rings. The Kier molecular flexibility index (Phi) is 4.08. The summed E-state index contributed by atoms with van der Waals surface area (Å²) in [6, 6.07) is 8.89. The fourth-order valence-electron chi connectivity index (χ4n) is 3.17. The lowest BCUT2D eigenvalue weighted by Gasteiger charge is -2.38. The number of aryl methyl sites for hydroxylation is 1. The van der Waals surface area contributed by atoms with Gasteiger partial charge in [0, 0.05) is 6.04 Å². The maximum absolute atomic E-state index is 5.82. The molecule has 0 saturated heterocycles. The smallest absolute Gasteiger partial charge is 0.0490 e. The second kappa shape index (κ2) is 5.41. The third-order valence-electron chi connectivity index (χ3n) is 4.56. The van der Waals surface area contributed by atoms with E-state index in [-0.39, 0.29) is 0 Å². The van der Waals surface area contributed by atoms with Crippen LogP contribution >= 0.6 is 0 Å². The predicted molar refractivity (Wildman–Crippen MR) is 77.0 cm³/mol. The summed E-state index contributed by atoms with van der Waals surface area (Å²) in [7, 11) is 0. The Morgan fingerprint density at radius 1 is 1.22 bits per heavy atom. The molecule has 1 aromatic carbocycles. The van der Waals surface area contributed by atoms with Gasteiger partial charge in [0.25, 0.3) is 0 Å². The quantitative estimate of drug-likeness (QED) is 0.630. The van der Waals surface area contributed by atoms with E-state index in [9.17, 15) is 0 Å². The van der Waals surface area contributed by atoms with Crippen LogP contribution in [0.4, 0.5) is 0 Å². The van der Waals surface area contributed by atoms with Gasteiger partial charge in [-0.2, -0.15) is 0 Å². The predicted octanol–water partition coefficient (Wildman–Crippen LogP) is 3.72. The van der Waals surface area contributed by atoms with E-state index < -0.39 is 0 Å². The van der Waals surface area contributed by atoms with Crippen LogP contribution in [0.1, 0.15) is 56.7 Å². The van der Waals surface area contributed by atoms with Crippen LogP contribution in [0.15, 0.2) is 24.3 Å². The first kappa shape index (κ1) is 13.6. The fourth-order valence-corrected chi connectivity index (χ4v) is 3.17. The summed E-state index contributed by atoms with van der Waals surface area (Å²) in [5, 5.41) is 0. The Bertz CT molecular complexity index is 388. The lowest BCUT2D eigenvalue weighted by Crippen LogP contribution is -2.36. The molecule has 0 radical (unpaired) electrons. The summed E-state index contributed by atoms with van der Waals surface area (Å²) in [6.07, 6.45) is 5.16. The Balaban J connectivity index is 2.13. The summed E-state index contributed by atoms with van der Waals surface area (Å²) >= 11 is 0. The Hall–Kier alpha value is -0.860. The number of hydrogen-bond acceptors (Lipinski definition) is 2. The van der Waals surface area contributed by atoms with E-state index in [1.54, 1.807) is 0 Å². The summed E-state index contributed by atoms with van der Waals surface area (Å²) in [5.41, 5.74) is 6.28. The molecular formula is C16H26N2. The first-order chi connectivity index (χ1) is 8.53. The van der Waals surface area contributed by atoms with Gasteiger partial charge in [-0.1, -0.05) is 38.1 Å². The second-order valence-corrected chi connectivity index (χ2v) is 6.50. The fraction of sp³-hybridized carbons (Fsp3) is 0.625. The maximum Gasteiger partial charge on any atom is 0.0490 e. The van der Waals surface area contributed by atoms with Gasteiger partial charge < -0.3 is 0 Å². The van der Waals surface area contributed by atoms with Crippen LogP contribution in [0, 0.1) is 18.3 Å². The molecule has 1 aliphatic carbocycles. The van der Waals surface area contributed by atoms with Crippen molar-refractivity contribution in [1.82, 2.24) is 5.43 Å². The molecule has 0 bridgehead atoms. The summed E-state index contributed by atoms with van der Waals surface area (Å²) in [6.45, 7) is 6.93. The van der Waals surface area contributed by atoms with Gasteiger partial charge in [-0.15, -0.1) is 0 Å². The molecule has 1 aliphatic rings. The molecule has 1 unspecified atom stereocenters. The zero-order valence-electron chi connectivity index (χ0n) is 11.9. The minimum atomic E-state index is 0.308. The van der Waals surface area contributed by atoms with E-state index in [0.29, 0.717) is 17.4 Å². The van der Waals surface area contributed by atoms with Gasteiger partial charge in [0.05, 0.1) is 0 Å². The molecule has 100 valence electrons. The van der Waals surface area contributed by atoms with Crippen LogP contribution in [-0.4, -0.2) is 0 Å². The molecule has 1 atom stereocenters. The molecule has 0 spiro atoms. The monoisotopic (exact) mass is 246 g/mol. The van der Waals surface area contributed by atoms with Gasteiger partial charge >= 0.3 is 0 Å². The highest BCUT2D eigenvalue weighted by atomic mass is 15.2. The molecule has 2 nitrogen and oxygen atoms in total. The summed E-state index contributed by atoms with van der Waals surface area (Å²) < 4.78 is 0. The molecule has 2 heteroatoms. The molecular weight excluding hydrogens is 220 g/mol. The third-order valence-corrected chi connectivity index (χ3v) is 4.56. The minimum absolute atomic E-state index is 0.308. The van der Waals surface area contributed by atoms with Crippen molar-refractivity contribution in [1.29, 1.82) is 0 Å². The average Bonchev–Trinajstić information content (AvgIpc) is 2.34. The third kappa shape index (κ3) is 2.93. The summed E-state index contributed by atoms with van der Waals surface area (Å²) in [5.74, 6) is 6.49. The molecule has 1 saturated carbocycles. The van der Waals surface area contributed by atoms with E-state index in [2.05, 4.69) is 50.5 Å². The van der Waals surface area contributed by atoms with Gasteiger partial charge in [0.1, 0.15) is 0 Å². The second-order valence-electron chi connectivity index (χ2n) is 6.50. The number of nitrogens with one attached hydrogen (secondary N) is 1. The Labute approximate surface area is 111 Å². The van der Waals surface area contributed by atoms with E-state index in [1.807, 2.05) is 0 Å². The first-order valence-electron chi connectivity index (χ1n) is 7.05. The van der Waals surface area contributed by atoms with Gasteiger partial charge in [-0.3, -0.25) is 11.3 Å². The Morgan fingerprint density at radius 2 is 1.83 bits per heavy atom. The average molecular weight is 246 g/mol. The molecule has 0 heterocycles. The normalized spacial score (nSPS) is 21.8. The highest BCUT2D eigenvalue weighted by Crippen LogP contribution is 2.42. The van der Waals surface area contributed by atoms with Crippen molar-refractivity contribution in [2.24, 2.45) is 17.2 Å². The molecule has 0 aromatic heterocycles. The van der Waals surface area contributed by atoms with Crippen LogP contribution < -0.4 is 11.3 Å². The number of nitrogens with two attached hydrogens (primary N) is 1. The van der Waals surface area contributed by atoms with E-state index >= 15 is 0 Å². The van der Waals surface area contributed by atoms with E-state index in [4.69, 9.17) is 5.84 Å². The topological polar surface area (TPSA) is 38.0 Å². The van der Waals surface area contributed by atoms with Gasteiger partial charge in [-0.05, 0) is 55.1 Å². The van der Waals surface area contributed by atoms with Crippen molar-refractivity contribution in [2.45, 2.75) is 52.5 Å². The number of benzene rings is 1. The van der Waals surface area contributed by atoms with Crippen LogP contribution in [0.5, 0.6) is 0 Å². The van der Waals surface area contributed by atoms with E-state index in [1.165, 1.54) is 36.8 Å². The van der Waals surface area contributed by atoms with Crippen molar-refractivity contribution >= 4 is 0 Å². The van der Waals surface area contributed by atoms with Crippen LogP contribution in [0.25, 0.3) is 0 Å². The zero-order chi connectivity index (χ0) is 13.2. The molecule has 18 heavy (non-hydrogen) atoms. The van der Waals surface area contributed by atoms with Crippen molar-refractivity contribution in [3.63, 3.8) is 0 Å². The van der Waals surface area contributed by atoms with Crippen molar-refractivity contribution in [2.75, 3.05) is 0 Å². The largest absolute Gasteiger partial charge is 0.271 e. The van der Waals surface area contributed by atoms with Crippen LogP contribution in [-0.2, 0) is 0 Å². The molecule has 0 aliphatic heterocycles. The zero-order valence-corrected chi connectivity index (χ0v) is 11.9. The van der Waals surface area contributed by atoms with Crippen molar-refractivity contribution in [3.8, 4) is 0 Å². The molecule has 3 N–H and O–H groups in total. The number of hydrazine groups is 1. The first-order valence-corrected chi connectivity index (χ1v) is 7.05. The lowest BCUT2D eigenvalue weighted by atomic mass is 9.70. The summed E-state index contributed by atoms with van der Waals surface area (Å²) in [4.78, 5) is 0. The number of rotatable bonds is 3. The van der Waals surface area contributed by atoms with Gasteiger partial charge in [0.15, 0.2) is 0 Å². The molecule has 0 amide bonds. The van der Waals surface area contributed by atoms with Crippen LogP contribution in [0.3, 0.4) is 0 Å². The minimum Gasteiger partial charge on any atom is -0.271 e. The molecule has 1 aromatic rings. The van der Waals surface area contributed by atoms with Crippen molar-refractivity contribution in [3.05, 3.63) is 35.4 Å². The molecule has 2 rings (SSSR count). The van der Waals surface area contributed by atoms with Gasteiger partial charge in [0.2, 0.25) is 0 Å².